The number of hydrogen-bond donors (Lipinski definition) is 3. The van der Waals surface area contributed by atoms with E-state index in [4.69, 9.17) is 23.7 Å². The van der Waals surface area contributed by atoms with E-state index in [1.54, 1.807) is 26.8 Å². The maximum Gasteiger partial charge on any atom is 0.329 e. The summed E-state index contributed by atoms with van der Waals surface area (Å²) in [5.74, 6) is -1.25. The van der Waals surface area contributed by atoms with Crippen LogP contribution in [0.2, 0.25) is 0 Å². The van der Waals surface area contributed by atoms with Gasteiger partial charge in [0.1, 0.15) is 30.5 Å². The van der Waals surface area contributed by atoms with Crippen molar-refractivity contribution >= 4 is 41.6 Å². The van der Waals surface area contributed by atoms with Gasteiger partial charge in [0.15, 0.2) is 23.0 Å². The molecule has 6 heterocycles. The van der Waals surface area contributed by atoms with Gasteiger partial charge in [0.2, 0.25) is 18.6 Å². The number of aromatic hydroxyl groups is 1. The molecule has 6 aliphatic rings. The molecule has 2 unspecified atom stereocenters. The Morgan fingerprint density at radius 1 is 1.07 bits per heavy atom. The van der Waals surface area contributed by atoms with Crippen LogP contribution >= 0.6 is 11.8 Å². The summed E-state index contributed by atoms with van der Waals surface area (Å²) in [6, 6.07) is 8.69. The average Bonchev–Trinajstić information content (AvgIpc) is 3.72. The second-order valence-electron chi connectivity index (χ2n) is 16.4. The Labute approximate surface area is 358 Å². The van der Waals surface area contributed by atoms with Gasteiger partial charge < -0.3 is 39.4 Å². The third-order valence-corrected chi connectivity index (χ3v) is 13.8. The van der Waals surface area contributed by atoms with Crippen LogP contribution in [0.4, 0.5) is 0 Å². The van der Waals surface area contributed by atoms with Gasteiger partial charge in [0.05, 0.1) is 30.5 Å². The number of phenolic OH excluding ortho intramolecular Hbond substituents is 1. The van der Waals surface area contributed by atoms with Gasteiger partial charge in [-0.2, -0.15) is 5.26 Å². The number of carbonyl (C=O) groups excluding carboxylic acids is 4. The Hall–Kier alpha value is -5.76. The maximum absolute atomic E-state index is 14.2. The number of amides is 2. The third kappa shape index (κ3) is 7.21. The molecule has 0 aromatic heterocycles. The number of likely N-dealkylation sites (N-methyl/N-ethyl adjacent to an activating group) is 1. The minimum Gasteiger partial charge on any atom is -0.504 e. The topological polar surface area (TPSA) is 189 Å². The van der Waals surface area contributed by atoms with Crippen LogP contribution in [-0.2, 0) is 30.3 Å². The number of fused-ring (bicyclic) bond motifs is 10. The molecule has 2 amide bonds. The zero-order valence-electron chi connectivity index (χ0n) is 35.0. The molecule has 4 bridgehead atoms. The number of methoxy groups -OCH3 is 1. The van der Waals surface area contributed by atoms with Crippen LogP contribution in [0, 0.1) is 31.1 Å². The highest BCUT2D eigenvalue weighted by molar-refractivity contribution is 7.99. The standard InChI is InChI=1S/C45H49N5O10S/c1-21(2)35(48-31(52)14-13-25-11-9-8-10-12-25)44(54)47-27-19-61-43-34-33(42-41(58-20-59-42)23(4)40(34)60-24(5)51)30(18-57-45(27)55)50-29(17-46)28-16-26-15-22(3)39(56-7)38(53)32(26)36(37(43)50)49(28)6/h8-15,21,27-30,35-37,43,53H,16,18-20H2,1-7H3,(H,47,54)(H,48,52)/b14-13+/t27-,28+,29-,30-,35?,36-,37?,43+/m0/s1. The zero-order chi connectivity index (χ0) is 43.4. The minimum absolute atomic E-state index is 0.000353. The van der Waals surface area contributed by atoms with Crippen molar-refractivity contribution in [2.45, 2.75) is 88.6 Å². The molecule has 61 heavy (non-hydrogen) atoms. The summed E-state index contributed by atoms with van der Waals surface area (Å²) in [5.41, 5.74) is 4.85. The number of piperazine rings is 1. The summed E-state index contributed by atoms with van der Waals surface area (Å²) >= 11 is 1.34. The number of nitrogens with one attached hydrogen (secondary N) is 2. The summed E-state index contributed by atoms with van der Waals surface area (Å²) in [6.07, 6.45) is 3.46. The first kappa shape index (κ1) is 42.0. The number of carbonyl (C=O) groups is 4. The number of rotatable bonds is 8. The Morgan fingerprint density at radius 3 is 2.49 bits per heavy atom. The highest BCUT2D eigenvalue weighted by atomic mass is 32.2. The number of nitrogens with zero attached hydrogens (tertiary/aromatic N) is 3. The van der Waals surface area contributed by atoms with Gasteiger partial charge in [-0.25, -0.2) is 4.79 Å². The fourth-order valence-electron chi connectivity index (χ4n) is 9.80. The van der Waals surface area contributed by atoms with E-state index in [1.807, 2.05) is 50.4 Å². The van der Waals surface area contributed by atoms with E-state index in [-0.39, 0.29) is 42.6 Å². The number of phenols is 1. The van der Waals surface area contributed by atoms with E-state index in [0.29, 0.717) is 45.9 Å². The van der Waals surface area contributed by atoms with Crippen molar-refractivity contribution in [3.05, 3.63) is 81.4 Å². The van der Waals surface area contributed by atoms with Crippen LogP contribution in [0.15, 0.2) is 42.5 Å². The summed E-state index contributed by atoms with van der Waals surface area (Å²) in [5, 5.41) is 28.1. The van der Waals surface area contributed by atoms with Crippen molar-refractivity contribution in [3.63, 3.8) is 0 Å². The third-order valence-electron chi connectivity index (χ3n) is 12.4. The Morgan fingerprint density at radius 2 is 1.80 bits per heavy atom. The number of ether oxygens (including phenoxy) is 5. The van der Waals surface area contributed by atoms with Crippen molar-refractivity contribution in [1.82, 2.24) is 20.4 Å². The van der Waals surface area contributed by atoms with E-state index >= 15 is 0 Å². The van der Waals surface area contributed by atoms with Gasteiger partial charge in [-0.3, -0.25) is 24.2 Å². The molecule has 16 heteroatoms. The summed E-state index contributed by atoms with van der Waals surface area (Å²) in [7, 11) is 3.46. The molecule has 3 aromatic carbocycles. The van der Waals surface area contributed by atoms with Gasteiger partial charge in [-0.05, 0) is 56.0 Å². The highest BCUT2D eigenvalue weighted by Gasteiger charge is 2.61. The first-order valence-corrected chi connectivity index (χ1v) is 21.3. The van der Waals surface area contributed by atoms with Crippen LogP contribution in [-0.4, -0.2) is 102 Å². The fourth-order valence-corrected chi connectivity index (χ4v) is 11.3. The zero-order valence-corrected chi connectivity index (χ0v) is 35.8. The molecule has 3 aromatic rings. The quantitative estimate of drug-likeness (QED) is 0.162. The van der Waals surface area contributed by atoms with E-state index in [1.165, 1.54) is 31.9 Å². The Bertz CT molecular complexity index is 2370. The number of thioether (sulfide) groups is 1. The predicted octanol–water partition coefficient (Wildman–Crippen LogP) is 4.57. The van der Waals surface area contributed by atoms with Gasteiger partial charge in [0.25, 0.3) is 0 Å². The Balaban J connectivity index is 1.23. The molecule has 3 N–H and O–H groups in total. The molecule has 0 aliphatic carbocycles. The molecule has 0 radical (unpaired) electrons. The van der Waals surface area contributed by atoms with Crippen molar-refractivity contribution in [1.29, 1.82) is 5.26 Å². The van der Waals surface area contributed by atoms with E-state index in [2.05, 4.69) is 26.5 Å². The predicted molar refractivity (Wildman–Crippen MR) is 224 cm³/mol. The van der Waals surface area contributed by atoms with Crippen LogP contribution in [0.1, 0.15) is 77.0 Å². The normalized spacial score (nSPS) is 25.7. The second-order valence-corrected chi connectivity index (χ2v) is 17.6. The van der Waals surface area contributed by atoms with Crippen molar-refractivity contribution in [2.24, 2.45) is 5.92 Å². The van der Waals surface area contributed by atoms with E-state index in [9.17, 15) is 29.5 Å². The lowest BCUT2D eigenvalue weighted by molar-refractivity contribution is -0.152. The van der Waals surface area contributed by atoms with E-state index in [0.717, 1.165) is 16.7 Å². The average molecular weight is 852 g/mol. The minimum atomic E-state index is -1.17. The first-order chi connectivity index (χ1) is 29.2. The van der Waals surface area contributed by atoms with Crippen LogP contribution < -0.4 is 29.6 Å². The van der Waals surface area contributed by atoms with Crippen molar-refractivity contribution in [3.8, 4) is 34.8 Å². The molecule has 15 nitrogen and oxygen atoms in total. The number of benzene rings is 3. The fraction of sp³-hybridized carbons (Fsp3) is 0.444. The molecule has 8 atom stereocenters. The van der Waals surface area contributed by atoms with Crippen LogP contribution in [0.5, 0.6) is 28.7 Å². The lowest BCUT2D eigenvalue weighted by atomic mass is 9.71. The smallest absolute Gasteiger partial charge is 0.329 e. The lowest BCUT2D eigenvalue weighted by Crippen LogP contribution is -2.69. The lowest BCUT2D eigenvalue weighted by Gasteiger charge is -2.61. The Kier molecular flexibility index (Phi) is 11.4. The molecule has 0 spiro atoms. The molecule has 2 fully saturated rings. The van der Waals surface area contributed by atoms with Gasteiger partial charge in [-0.15, -0.1) is 11.8 Å². The largest absolute Gasteiger partial charge is 0.504 e. The molecular weight excluding hydrogens is 803 g/mol. The van der Waals surface area contributed by atoms with Crippen molar-refractivity contribution in [2.75, 3.05) is 33.3 Å². The summed E-state index contributed by atoms with van der Waals surface area (Å²) < 4.78 is 30.1. The number of hydrogen-bond acceptors (Lipinski definition) is 14. The van der Waals surface area contributed by atoms with Crippen LogP contribution in [0.25, 0.3) is 6.08 Å². The van der Waals surface area contributed by atoms with Crippen LogP contribution in [0.3, 0.4) is 0 Å². The van der Waals surface area contributed by atoms with E-state index < -0.39 is 65.3 Å². The maximum atomic E-state index is 14.2. The highest BCUT2D eigenvalue weighted by Crippen LogP contribution is 2.64. The molecule has 2 saturated heterocycles. The number of aryl methyl sites for hydroxylation is 1. The SMILES string of the molecule is COc1c(C)cc2c(c1O)[C@H]1C3[C@@H]4SC[C@H](NC(=O)C(NC(=O)/C=C/c5ccccc5)C(C)C)C(=O)OC[C@@H](c5c6c(c(C)c(OC(C)=O)c54)OCO6)N3[C@@H](C#N)[C@@H](C2)N1C. The molecular formula is C45H49N5O10S. The summed E-state index contributed by atoms with van der Waals surface area (Å²) in [6.45, 7) is 8.20. The molecule has 0 saturated carbocycles. The van der Waals surface area contributed by atoms with Gasteiger partial charge >= 0.3 is 11.9 Å². The monoisotopic (exact) mass is 851 g/mol. The van der Waals surface area contributed by atoms with Gasteiger partial charge in [0, 0.05) is 53.1 Å². The second kappa shape index (κ2) is 16.6. The molecule has 9 rings (SSSR count). The molecule has 6 aliphatic heterocycles. The first-order valence-electron chi connectivity index (χ1n) is 20.3. The van der Waals surface area contributed by atoms with Crippen molar-refractivity contribution < 1.29 is 48.0 Å². The van der Waals surface area contributed by atoms with Gasteiger partial charge in [-0.1, -0.05) is 50.2 Å². The number of nitriles is 1. The summed E-state index contributed by atoms with van der Waals surface area (Å²) in [4.78, 5) is 58.5. The molecule has 320 valence electrons. The number of esters is 2.